The standard InChI is InChI=1S/C13H16FN3O3S/c1-2-3-7-17(9-13(16)18)21(19,20)12-6-4-5-11(14)10(12)8-15/h4-6H,2-3,7,9H2,1H3,(H2,16,18). The first-order valence-corrected chi connectivity index (χ1v) is 7.75. The summed E-state index contributed by atoms with van der Waals surface area (Å²) in [6, 6.07) is 4.87. The van der Waals surface area contributed by atoms with Gasteiger partial charge < -0.3 is 5.73 Å². The molecule has 0 aromatic heterocycles. The summed E-state index contributed by atoms with van der Waals surface area (Å²) in [6.07, 6.45) is 1.22. The zero-order valence-electron chi connectivity index (χ0n) is 11.5. The van der Waals surface area contributed by atoms with Crippen molar-refractivity contribution in [2.45, 2.75) is 24.7 Å². The first-order chi connectivity index (χ1) is 9.84. The Morgan fingerprint density at radius 2 is 2.14 bits per heavy atom. The van der Waals surface area contributed by atoms with Crippen molar-refractivity contribution >= 4 is 15.9 Å². The largest absolute Gasteiger partial charge is 0.369 e. The van der Waals surface area contributed by atoms with Crippen LogP contribution in [-0.4, -0.2) is 31.7 Å². The van der Waals surface area contributed by atoms with Crippen LogP contribution in [0.3, 0.4) is 0 Å². The van der Waals surface area contributed by atoms with Gasteiger partial charge in [0.25, 0.3) is 0 Å². The minimum absolute atomic E-state index is 0.0726. The maximum atomic E-state index is 13.6. The van der Waals surface area contributed by atoms with Crippen LogP contribution in [-0.2, 0) is 14.8 Å². The summed E-state index contributed by atoms with van der Waals surface area (Å²) in [7, 11) is -4.16. The lowest BCUT2D eigenvalue weighted by Crippen LogP contribution is -2.39. The summed E-state index contributed by atoms with van der Waals surface area (Å²) in [5.41, 5.74) is 4.49. The fourth-order valence-electron chi connectivity index (χ4n) is 1.76. The van der Waals surface area contributed by atoms with E-state index in [1.165, 1.54) is 12.1 Å². The van der Waals surface area contributed by atoms with Crippen molar-refractivity contribution in [3.8, 4) is 6.07 Å². The zero-order chi connectivity index (χ0) is 16.0. The van der Waals surface area contributed by atoms with Crippen LogP contribution >= 0.6 is 0 Å². The van der Waals surface area contributed by atoms with E-state index in [-0.39, 0.29) is 6.54 Å². The quantitative estimate of drug-likeness (QED) is 0.810. The Hall–Kier alpha value is -1.98. The van der Waals surface area contributed by atoms with Gasteiger partial charge in [-0.25, -0.2) is 12.8 Å². The third kappa shape index (κ3) is 4.00. The summed E-state index contributed by atoms with van der Waals surface area (Å²) < 4.78 is 39.4. The third-order valence-electron chi connectivity index (χ3n) is 2.80. The van der Waals surface area contributed by atoms with E-state index in [1.807, 2.05) is 6.92 Å². The summed E-state index contributed by atoms with van der Waals surface area (Å²) in [4.78, 5) is 10.6. The highest BCUT2D eigenvalue weighted by Crippen LogP contribution is 2.22. The van der Waals surface area contributed by atoms with Crippen LogP contribution in [0.15, 0.2) is 23.1 Å². The van der Waals surface area contributed by atoms with Crippen LogP contribution in [0.25, 0.3) is 0 Å². The number of nitriles is 1. The van der Waals surface area contributed by atoms with Crippen molar-refractivity contribution in [1.82, 2.24) is 4.31 Å². The number of sulfonamides is 1. The maximum Gasteiger partial charge on any atom is 0.244 e. The van der Waals surface area contributed by atoms with Crippen LogP contribution in [0.2, 0.25) is 0 Å². The van der Waals surface area contributed by atoms with Crippen molar-refractivity contribution in [2.75, 3.05) is 13.1 Å². The van der Waals surface area contributed by atoms with E-state index in [1.54, 1.807) is 0 Å². The highest BCUT2D eigenvalue weighted by molar-refractivity contribution is 7.89. The normalized spacial score (nSPS) is 11.3. The molecule has 1 amide bonds. The molecule has 21 heavy (non-hydrogen) atoms. The second-order valence-electron chi connectivity index (χ2n) is 4.38. The number of carbonyl (C=O) groups is 1. The van der Waals surface area contributed by atoms with E-state index < -0.39 is 38.8 Å². The SMILES string of the molecule is CCCCN(CC(N)=O)S(=O)(=O)c1cccc(F)c1C#N. The van der Waals surface area contributed by atoms with Crippen LogP contribution < -0.4 is 5.73 Å². The molecule has 0 atom stereocenters. The fourth-order valence-corrected chi connectivity index (χ4v) is 3.36. The van der Waals surface area contributed by atoms with Crippen molar-refractivity contribution < 1.29 is 17.6 Å². The molecule has 0 aliphatic rings. The molecule has 6 nitrogen and oxygen atoms in total. The number of halogens is 1. The van der Waals surface area contributed by atoms with Gasteiger partial charge in [-0.05, 0) is 18.6 Å². The van der Waals surface area contributed by atoms with Gasteiger partial charge in [0.2, 0.25) is 15.9 Å². The molecule has 1 aromatic carbocycles. The Bertz CT molecular complexity index is 668. The van der Waals surface area contributed by atoms with Gasteiger partial charge >= 0.3 is 0 Å². The molecule has 1 rings (SSSR count). The fraction of sp³-hybridized carbons (Fsp3) is 0.385. The molecule has 0 spiro atoms. The first kappa shape index (κ1) is 17.1. The Morgan fingerprint density at radius 1 is 1.48 bits per heavy atom. The minimum atomic E-state index is -4.16. The molecular formula is C13H16FN3O3S. The molecule has 0 fully saturated rings. The van der Waals surface area contributed by atoms with Gasteiger partial charge in [0.05, 0.1) is 6.54 Å². The highest BCUT2D eigenvalue weighted by atomic mass is 32.2. The number of rotatable bonds is 7. The Labute approximate surface area is 123 Å². The number of hydrogen-bond acceptors (Lipinski definition) is 4. The Morgan fingerprint density at radius 3 is 2.67 bits per heavy atom. The van der Waals surface area contributed by atoms with E-state index >= 15 is 0 Å². The lowest BCUT2D eigenvalue weighted by atomic mass is 10.2. The minimum Gasteiger partial charge on any atom is -0.369 e. The van der Waals surface area contributed by atoms with Gasteiger partial charge in [0.15, 0.2) is 0 Å². The second-order valence-corrected chi connectivity index (χ2v) is 6.29. The number of primary amides is 1. The van der Waals surface area contributed by atoms with Crippen LogP contribution in [0.5, 0.6) is 0 Å². The second kappa shape index (κ2) is 7.15. The van der Waals surface area contributed by atoms with Gasteiger partial charge in [0, 0.05) is 6.54 Å². The smallest absolute Gasteiger partial charge is 0.244 e. The molecule has 0 heterocycles. The average Bonchev–Trinajstić information content (AvgIpc) is 2.42. The van der Waals surface area contributed by atoms with Gasteiger partial charge in [0.1, 0.15) is 22.3 Å². The summed E-state index contributed by atoms with van der Waals surface area (Å²) >= 11 is 0. The molecule has 0 saturated heterocycles. The van der Waals surface area contributed by atoms with E-state index in [9.17, 15) is 17.6 Å². The topological polar surface area (TPSA) is 104 Å². The summed E-state index contributed by atoms with van der Waals surface area (Å²) in [5, 5.41) is 8.94. The lowest BCUT2D eigenvalue weighted by molar-refractivity contribution is -0.118. The van der Waals surface area contributed by atoms with E-state index in [2.05, 4.69) is 0 Å². The van der Waals surface area contributed by atoms with Gasteiger partial charge in [-0.15, -0.1) is 0 Å². The number of nitrogens with two attached hydrogens (primary N) is 1. The number of benzene rings is 1. The summed E-state index contributed by atoms with van der Waals surface area (Å²) in [5.74, 6) is -1.74. The average molecular weight is 313 g/mol. The molecule has 8 heteroatoms. The monoisotopic (exact) mass is 313 g/mol. The van der Waals surface area contributed by atoms with Crippen molar-refractivity contribution in [3.05, 3.63) is 29.6 Å². The van der Waals surface area contributed by atoms with Crippen LogP contribution in [0.4, 0.5) is 4.39 Å². The maximum absolute atomic E-state index is 13.6. The van der Waals surface area contributed by atoms with E-state index in [0.29, 0.717) is 12.8 Å². The van der Waals surface area contributed by atoms with Crippen molar-refractivity contribution in [2.24, 2.45) is 5.73 Å². The molecule has 2 N–H and O–H groups in total. The predicted molar refractivity (Wildman–Crippen MR) is 74.0 cm³/mol. The number of amides is 1. The Balaban J connectivity index is 3.32. The van der Waals surface area contributed by atoms with Gasteiger partial charge in [-0.3, -0.25) is 4.79 Å². The number of unbranched alkanes of at least 4 members (excludes halogenated alkanes) is 1. The van der Waals surface area contributed by atoms with Gasteiger partial charge in [-0.2, -0.15) is 9.57 Å². The number of nitrogens with zero attached hydrogens (tertiary/aromatic N) is 2. The molecule has 1 aromatic rings. The molecule has 114 valence electrons. The lowest BCUT2D eigenvalue weighted by Gasteiger charge is -2.21. The predicted octanol–water partition coefficient (Wildman–Crippen LogP) is 0.973. The molecule has 0 aliphatic heterocycles. The molecule has 0 radical (unpaired) electrons. The Kier molecular flexibility index (Phi) is 5.81. The molecular weight excluding hydrogens is 297 g/mol. The molecule has 0 aliphatic carbocycles. The first-order valence-electron chi connectivity index (χ1n) is 6.31. The molecule has 0 unspecified atom stereocenters. The number of carbonyl (C=O) groups excluding carboxylic acids is 1. The van der Waals surface area contributed by atoms with Crippen molar-refractivity contribution in [3.63, 3.8) is 0 Å². The van der Waals surface area contributed by atoms with Crippen molar-refractivity contribution in [1.29, 1.82) is 5.26 Å². The highest BCUT2D eigenvalue weighted by Gasteiger charge is 2.29. The third-order valence-corrected chi connectivity index (χ3v) is 4.69. The molecule has 0 bridgehead atoms. The number of hydrogen-bond donors (Lipinski definition) is 1. The zero-order valence-corrected chi connectivity index (χ0v) is 12.4. The van der Waals surface area contributed by atoms with Gasteiger partial charge in [-0.1, -0.05) is 19.4 Å². The molecule has 0 saturated carbocycles. The van der Waals surface area contributed by atoms with Crippen LogP contribution in [0, 0.1) is 17.1 Å². The van der Waals surface area contributed by atoms with E-state index in [4.69, 9.17) is 11.0 Å². The van der Waals surface area contributed by atoms with Crippen LogP contribution in [0.1, 0.15) is 25.3 Å². The van der Waals surface area contributed by atoms with E-state index in [0.717, 1.165) is 16.4 Å². The summed E-state index contributed by atoms with van der Waals surface area (Å²) in [6.45, 7) is 1.42.